The van der Waals surface area contributed by atoms with Crippen molar-refractivity contribution in [3.63, 3.8) is 0 Å². The maximum atomic E-state index is 5.83. The van der Waals surface area contributed by atoms with Crippen LogP contribution in [0.3, 0.4) is 0 Å². The number of aromatic nitrogens is 2. The zero-order valence-corrected chi connectivity index (χ0v) is 11.3. The first-order valence-corrected chi connectivity index (χ1v) is 6.49. The summed E-state index contributed by atoms with van der Waals surface area (Å²) in [7, 11) is 0. The third kappa shape index (κ3) is 3.79. The number of nitrogens with zero attached hydrogens (tertiary/aromatic N) is 2. The van der Waals surface area contributed by atoms with E-state index < -0.39 is 0 Å². The average Bonchev–Trinajstić information content (AvgIpc) is 2.85. The van der Waals surface area contributed by atoms with Gasteiger partial charge in [-0.25, -0.2) is 0 Å². The topological polar surface area (TPSA) is 74.2 Å². The maximum Gasteiger partial charge on any atom is 0.264 e. The van der Waals surface area contributed by atoms with Crippen LogP contribution in [0, 0.1) is 0 Å². The molecule has 1 heterocycles. The highest BCUT2D eigenvalue weighted by Gasteiger charge is 2.07. The smallest absolute Gasteiger partial charge is 0.264 e. The summed E-state index contributed by atoms with van der Waals surface area (Å²) in [5.41, 5.74) is 6.87. The van der Waals surface area contributed by atoms with E-state index in [2.05, 4.69) is 17.1 Å². The fraction of sp³-hybridized carbons (Fsp3) is 0.429. The molecule has 0 spiro atoms. The Bertz CT molecular complexity index is 523. The van der Waals surface area contributed by atoms with Crippen molar-refractivity contribution in [2.45, 2.75) is 39.3 Å². The predicted molar refractivity (Wildman–Crippen MR) is 71.7 cm³/mol. The summed E-state index contributed by atoms with van der Waals surface area (Å²) in [6.45, 7) is 4.29. The van der Waals surface area contributed by atoms with E-state index in [1.807, 2.05) is 31.2 Å². The first-order valence-electron chi connectivity index (χ1n) is 6.49. The molecule has 19 heavy (non-hydrogen) atoms. The number of benzene rings is 1. The van der Waals surface area contributed by atoms with E-state index >= 15 is 0 Å². The molecule has 0 amide bonds. The molecule has 0 aliphatic rings. The van der Waals surface area contributed by atoms with Gasteiger partial charge in [-0.2, -0.15) is 4.98 Å². The second kappa shape index (κ2) is 6.33. The number of nitrogens with two attached hydrogens (primary N) is 1. The normalized spacial score (nSPS) is 12.4. The molecule has 0 fully saturated rings. The van der Waals surface area contributed by atoms with Crippen molar-refractivity contribution in [1.29, 1.82) is 0 Å². The van der Waals surface area contributed by atoms with Crippen LogP contribution in [-0.2, 0) is 13.0 Å². The summed E-state index contributed by atoms with van der Waals surface area (Å²) in [4.78, 5) is 4.25. The molecule has 2 aromatic rings. The zero-order chi connectivity index (χ0) is 13.7. The van der Waals surface area contributed by atoms with E-state index in [-0.39, 0.29) is 12.6 Å². The lowest BCUT2D eigenvalue weighted by Gasteiger charge is -2.08. The van der Waals surface area contributed by atoms with Crippen molar-refractivity contribution in [3.05, 3.63) is 41.5 Å². The predicted octanol–water partition coefficient (Wildman–Crippen LogP) is 2.62. The van der Waals surface area contributed by atoms with Crippen LogP contribution in [0.15, 0.2) is 28.8 Å². The first-order chi connectivity index (χ1) is 9.19. The van der Waals surface area contributed by atoms with Crippen LogP contribution in [0.1, 0.15) is 43.6 Å². The highest BCUT2D eigenvalue weighted by Crippen LogP contribution is 2.18. The molecule has 5 nitrogen and oxygen atoms in total. The fourth-order valence-corrected chi connectivity index (χ4v) is 1.71. The third-order valence-electron chi connectivity index (χ3n) is 2.73. The lowest BCUT2D eigenvalue weighted by atomic mass is 10.1. The summed E-state index contributed by atoms with van der Waals surface area (Å²) in [5.74, 6) is 1.98. The summed E-state index contributed by atoms with van der Waals surface area (Å²) < 4.78 is 10.7. The Kier molecular flexibility index (Phi) is 4.52. The van der Waals surface area contributed by atoms with Crippen LogP contribution in [0.5, 0.6) is 5.75 Å². The van der Waals surface area contributed by atoms with Crippen LogP contribution in [-0.4, -0.2) is 10.1 Å². The Labute approximate surface area is 112 Å². The molecular weight excluding hydrogens is 242 g/mol. The molecule has 0 unspecified atom stereocenters. The van der Waals surface area contributed by atoms with E-state index in [1.165, 1.54) is 0 Å². The van der Waals surface area contributed by atoms with Gasteiger partial charge in [-0.05, 0) is 31.0 Å². The number of ether oxygens (including phenoxy) is 1. The van der Waals surface area contributed by atoms with Crippen molar-refractivity contribution in [3.8, 4) is 5.75 Å². The molecule has 0 radical (unpaired) electrons. The van der Waals surface area contributed by atoms with Crippen LogP contribution in [0.2, 0.25) is 0 Å². The number of aryl methyl sites for hydroxylation is 1. The summed E-state index contributed by atoms with van der Waals surface area (Å²) in [6, 6.07) is 7.69. The number of hydrogen-bond acceptors (Lipinski definition) is 5. The van der Waals surface area contributed by atoms with Crippen LogP contribution in [0.25, 0.3) is 0 Å². The molecule has 0 aliphatic heterocycles. The Morgan fingerprint density at radius 1 is 1.42 bits per heavy atom. The van der Waals surface area contributed by atoms with Gasteiger partial charge in [-0.15, -0.1) is 0 Å². The minimum absolute atomic E-state index is 0.0110. The minimum Gasteiger partial charge on any atom is -0.484 e. The van der Waals surface area contributed by atoms with Gasteiger partial charge < -0.3 is 15.0 Å². The molecular formula is C14H19N3O2. The standard InChI is InChI=1S/C14H19N3O2/c1-3-5-13-16-14(19-17-13)9-18-12-7-4-6-11(8-12)10(2)15/h4,6-8,10H,3,5,9,15H2,1-2H3/t10-/m0/s1. The van der Waals surface area contributed by atoms with Crippen molar-refractivity contribution in [1.82, 2.24) is 10.1 Å². The molecule has 2 N–H and O–H groups in total. The van der Waals surface area contributed by atoms with Gasteiger partial charge in [0.05, 0.1) is 0 Å². The summed E-state index contributed by atoms with van der Waals surface area (Å²) in [5, 5.41) is 3.88. The number of rotatable bonds is 6. The van der Waals surface area contributed by atoms with E-state index in [0.717, 1.165) is 30.0 Å². The van der Waals surface area contributed by atoms with Crippen LogP contribution < -0.4 is 10.5 Å². The second-order valence-corrected chi connectivity index (χ2v) is 4.50. The zero-order valence-electron chi connectivity index (χ0n) is 11.3. The van der Waals surface area contributed by atoms with Crippen molar-refractivity contribution in [2.24, 2.45) is 5.73 Å². The highest BCUT2D eigenvalue weighted by molar-refractivity contribution is 5.30. The van der Waals surface area contributed by atoms with E-state index in [9.17, 15) is 0 Å². The molecule has 0 saturated carbocycles. The summed E-state index contributed by atoms with van der Waals surface area (Å²) >= 11 is 0. The minimum atomic E-state index is -0.0110. The van der Waals surface area contributed by atoms with E-state index in [4.69, 9.17) is 15.0 Å². The third-order valence-corrected chi connectivity index (χ3v) is 2.73. The Morgan fingerprint density at radius 2 is 2.26 bits per heavy atom. The van der Waals surface area contributed by atoms with E-state index in [0.29, 0.717) is 5.89 Å². The van der Waals surface area contributed by atoms with Gasteiger partial charge in [-0.1, -0.05) is 24.2 Å². The molecule has 1 aromatic heterocycles. The van der Waals surface area contributed by atoms with Gasteiger partial charge in [0.25, 0.3) is 5.89 Å². The van der Waals surface area contributed by atoms with Crippen molar-refractivity contribution >= 4 is 0 Å². The largest absolute Gasteiger partial charge is 0.484 e. The van der Waals surface area contributed by atoms with Crippen molar-refractivity contribution in [2.75, 3.05) is 0 Å². The molecule has 0 aliphatic carbocycles. The second-order valence-electron chi connectivity index (χ2n) is 4.50. The molecule has 102 valence electrons. The Morgan fingerprint density at radius 3 is 3.00 bits per heavy atom. The van der Waals surface area contributed by atoms with Gasteiger partial charge in [0.2, 0.25) is 0 Å². The van der Waals surface area contributed by atoms with Gasteiger partial charge in [-0.3, -0.25) is 0 Å². The van der Waals surface area contributed by atoms with Crippen LogP contribution in [0.4, 0.5) is 0 Å². The monoisotopic (exact) mass is 261 g/mol. The molecule has 1 aromatic carbocycles. The lowest BCUT2D eigenvalue weighted by molar-refractivity contribution is 0.242. The van der Waals surface area contributed by atoms with Gasteiger partial charge in [0, 0.05) is 12.5 Å². The SMILES string of the molecule is CCCc1noc(COc2cccc([C@H](C)N)c2)n1. The van der Waals surface area contributed by atoms with Gasteiger partial charge in [0.1, 0.15) is 5.75 Å². The highest BCUT2D eigenvalue weighted by atomic mass is 16.5. The molecule has 0 bridgehead atoms. The molecule has 0 saturated heterocycles. The summed E-state index contributed by atoms with van der Waals surface area (Å²) in [6.07, 6.45) is 1.82. The molecule has 5 heteroatoms. The van der Waals surface area contributed by atoms with Crippen molar-refractivity contribution < 1.29 is 9.26 Å². The number of hydrogen-bond donors (Lipinski definition) is 1. The lowest BCUT2D eigenvalue weighted by Crippen LogP contribution is -2.05. The maximum absolute atomic E-state index is 5.83. The Hall–Kier alpha value is -1.88. The Balaban J connectivity index is 1.95. The van der Waals surface area contributed by atoms with Gasteiger partial charge in [0.15, 0.2) is 12.4 Å². The molecule has 2 rings (SSSR count). The van der Waals surface area contributed by atoms with E-state index in [1.54, 1.807) is 0 Å². The fourth-order valence-electron chi connectivity index (χ4n) is 1.71. The average molecular weight is 261 g/mol. The molecule has 1 atom stereocenters. The van der Waals surface area contributed by atoms with Crippen LogP contribution >= 0.6 is 0 Å². The first kappa shape index (κ1) is 13.5. The van der Waals surface area contributed by atoms with Gasteiger partial charge >= 0.3 is 0 Å². The quantitative estimate of drug-likeness (QED) is 0.865.